The van der Waals surface area contributed by atoms with Gasteiger partial charge < -0.3 is 15.2 Å². The van der Waals surface area contributed by atoms with E-state index in [0.29, 0.717) is 0 Å². The topological polar surface area (TPSA) is 72.4 Å². The molecule has 2 atom stereocenters. The summed E-state index contributed by atoms with van der Waals surface area (Å²) in [7, 11) is 0. The predicted molar refractivity (Wildman–Crippen MR) is 75.9 cm³/mol. The summed E-state index contributed by atoms with van der Waals surface area (Å²) in [6.07, 6.45) is 4.66. The molecule has 2 rings (SSSR count). The molecule has 1 aliphatic heterocycles. The smallest absolute Gasteiger partial charge is 0.240 e. The van der Waals surface area contributed by atoms with Crippen molar-refractivity contribution in [1.29, 1.82) is 0 Å². The summed E-state index contributed by atoms with van der Waals surface area (Å²) in [4.78, 5) is 14.2. The second-order valence-corrected chi connectivity index (χ2v) is 5.93. The Morgan fingerprint density at radius 1 is 1.74 bits per heavy atom. The standard InChI is InChI=1S/C13H21N3O2S/c1-9-8-12(18-15-9)11-4-3-6-16(11)13(17)10(14)5-7-19-2/h8,10-11H,3-7,14H2,1-2H3/t10-,11?/m0/s1. The van der Waals surface area contributed by atoms with Gasteiger partial charge in [-0.15, -0.1) is 0 Å². The summed E-state index contributed by atoms with van der Waals surface area (Å²) < 4.78 is 5.30. The van der Waals surface area contributed by atoms with Gasteiger partial charge in [0.15, 0.2) is 5.76 Å². The zero-order valence-electron chi connectivity index (χ0n) is 11.5. The number of carbonyl (C=O) groups excluding carboxylic acids is 1. The fraction of sp³-hybridized carbons (Fsp3) is 0.692. The Kier molecular flexibility index (Phi) is 4.87. The van der Waals surface area contributed by atoms with Crippen LogP contribution in [-0.2, 0) is 4.79 Å². The maximum Gasteiger partial charge on any atom is 0.240 e. The normalized spacial score (nSPS) is 20.8. The first-order valence-corrected chi connectivity index (χ1v) is 8.01. The summed E-state index contributed by atoms with van der Waals surface area (Å²) in [5, 5.41) is 3.90. The van der Waals surface area contributed by atoms with Crippen LogP contribution in [0.4, 0.5) is 0 Å². The molecule has 1 aromatic rings. The van der Waals surface area contributed by atoms with E-state index in [2.05, 4.69) is 5.16 Å². The van der Waals surface area contributed by atoms with Crippen molar-refractivity contribution in [2.45, 2.75) is 38.3 Å². The Balaban J connectivity index is 2.04. The lowest BCUT2D eigenvalue weighted by molar-refractivity contribution is -0.133. The molecule has 1 saturated heterocycles. The molecule has 0 aliphatic carbocycles. The number of hydrogen-bond donors (Lipinski definition) is 1. The van der Waals surface area contributed by atoms with Gasteiger partial charge in [0.2, 0.25) is 5.91 Å². The van der Waals surface area contributed by atoms with Crippen LogP contribution in [0.25, 0.3) is 0 Å². The van der Waals surface area contributed by atoms with Gasteiger partial charge in [-0.1, -0.05) is 5.16 Å². The number of nitrogens with two attached hydrogens (primary N) is 1. The molecule has 5 nitrogen and oxygen atoms in total. The van der Waals surface area contributed by atoms with Crippen molar-refractivity contribution in [3.8, 4) is 0 Å². The Labute approximate surface area is 117 Å². The Morgan fingerprint density at radius 3 is 3.16 bits per heavy atom. The second kappa shape index (κ2) is 6.43. The van der Waals surface area contributed by atoms with E-state index in [1.54, 1.807) is 11.8 Å². The van der Waals surface area contributed by atoms with Crippen molar-refractivity contribution >= 4 is 17.7 Å². The zero-order chi connectivity index (χ0) is 13.8. The van der Waals surface area contributed by atoms with Gasteiger partial charge in [-0.2, -0.15) is 11.8 Å². The molecule has 1 aliphatic rings. The number of thioether (sulfide) groups is 1. The molecular weight excluding hydrogens is 262 g/mol. The Bertz CT molecular complexity index is 435. The molecule has 1 unspecified atom stereocenters. The SMILES string of the molecule is CSCC[C@H](N)C(=O)N1CCCC1c1cc(C)no1. The number of likely N-dealkylation sites (tertiary alicyclic amines) is 1. The van der Waals surface area contributed by atoms with Crippen molar-refractivity contribution in [2.75, 3.05) is 18.6 Å². The van der Waals surface area contributed by atoms with Gasteiger partial charge in [0, 0.05) is 12.6 Å². The van der Waals surface area contributed by atoms with Crippen LogP contribution < -0.4 is 5.73 Å². The summed E-state index contributed by atoms with van der Waals surface area (Å²) in [5.74, 6) is 1.72. The molecule has 1 aromatic heterocycles. The van der Waals surface area contributed by atoms with Crippen molar-refractivity contribution in [3.63, 3.8) is 0 Å². The quantitative estimate of drug-likeness (QED) is 0.891. The third-order valence-corrected chi connectivity index (χ3v) is 4.10. The lowest BCUT2D eigenvalue weighted by Crippen LogP contribution is -2.43. The number of nitrogens with zero attached hydrogens (tertiary/aromatic N) is 2. The molecule has 0 spiro atoms. The molecule has 0 aromatic carbocycles. The lowest BCUT2D eigenvalue weighted by Gasteiger charge is -2.25. The molecule has 0 bridgehead atoms. The number of amides is 1. The Hall–Kier alpha value is -1.01. The van der Waals surface area contributed by atoms with Crippen molar-refractivity contribution < 1.29 is 9.32 Å². The van der Waals surface area contributed by atoms with Crippen molar-refractivity contribution in [1.82, 2.24) is 10.1 Å². The van der Waals surface area contributed by atoms with E-state index in [1.807, 2.05) is 24.1 Å². The first-order chi connectivity index (χ1) is 9.13. The van der Waals surface area contributed by atoms with Crippen LogP contribution in [-0.4, -0.2) is 40.6 Å². The molecule has 106 valence electrons. The average molecular weight is 283 g/mol. The lowest BCUT2D eigenvalue weighted by atomic mass is 10.1. The number of hydrogen-bond acceptors (Lipinski definition) is 5. The van der Waals surface area contributed by atoms with Crippen molar-refractivity contribution in [2.24, 2.45) is 5.73 Å². The van der Waals surface area contributed by atoms with Crippen LogP contribution in [0.2, 0.25) is 0 Å². The molecule has 2 heterocycles. The van der Waals surface area contributed by atoms with Gasteiger partial charge in [0.05, 0.1) is 17.8 Å². The molecule has 6 heteroatoms. The molecule has 2 N–H and O–H groups in total. The average Bonchev–Trinajstić information content (AvgIpc) is 3.03. The van der Waals surface area contributed by atoms with Crippen LogP contribution in [0, 0.1) is 6.92 Å². The van der Waals surface area contributed by atoms with Gasteiger partial charge in [0.25, 0.3) is 0 Å². The van der Waals surface area contributed by atoms with E-state index in [-0.39, 0.29) is 11.9 Å². The van der Waals surface area contributed by atoms with Crippen LogP contribution in [0.1, 0.15) is 36.8 Å². The number of carbonyl (C=O) groups is 1. The van der Waals surface area contributed by atoms with Crippen molar-refractivity contribution in [3.05, 3.63) is 17.5 Å². The van der Waals surface area contributed by atoms with E-state index < -0.39 is 6.04 Å². The van der Waals surface area contributed by atoms with E-state index >= 15 is 0 Å². The fourth-order valence-electron chi connectivity index (χ4n) is 2.45. The van der Waals surface area contributed by atoms with Gasteiger partial charge in [0.1, 0.15) is 0 Å². The molecule has 19 heavy (non-hydrogen) atoms. The predicted octanol–water partition coefficient (Wildman–Crippen LogP) is 1.73. The summed E-state index contributed by atoms with van der Waals surface area (Å²) in [6.45, 7) is 2.65. The molecule has 0 radical (unpaired) electrons. The van der Waals surface area contributed by atoms with E-state index in [9.17, 15) is 4.79 Å². The van der Waals surface area contributed by atoms with Gasteiger partial charge >= 0.3 is 0 Å². The fourth-order valence-corrected chi connectivity index (χ4v) is 2.94. The summed E-state index contributed by atoms with van der Waals surface area (Å²) >= 11 is 1.71. The minimum Gasteiger partial charge on any atom is -0.359 e. The highest BCUT2D eigenvalue weighted by molar-refractivity contribution is 7.98. The number of aryl methyl sites for hydroxylation is 1. The van der Waals surface area contributed by atoms with Crippen LogP contribution in [0.15, 0.2) is 10.6 Å². The van der Waals surface area contributed by atoms with E-state index in [1.165, 1.54) is 0 Å². The number of aromatic nitrogens is 1. The van der Waals surface area contributed by atoms with Gasteiger partial charge in [-0.25, -0.2) is 0 Å². The zero-order valence-corrected chi connectivity index (χ0v) is 12.3. The largest absolute Gasteiger partial charge is 0.359 e. The van der Waals surface area contributed by atoms with Crippen LogP contribution >= 0.6 is 11.8 Å². The monoisotopic (exact) mass is 283 g/mol. The third kappa shape index (κ3) is 3.30. The highest BCUT2D eigenvalue weighted by Gasteiger charge is 2.34. The van der Waals surface area contributed by atoms with Gasteiger partial charge in [-0.3, -0.25) is 4.79 Å². The maximum absolute atomic E-state index is 12.4. The minimum atomic E-state index is -0.405. The first kappa shape index (κ1) is 14.4. The van der Waals surface area contributed by atoms with Crippen LogP contribution in [0.5, 0.6) is 0 Å². The molecule has 1 amide bonds. The Morgan fingerprint density at radius 2 is 2.53 bits per heavy atom. The highest BCUT2D eigenvalue weighted by atomic mass is 32.2. The second-order valence-electron chi connectivity index (χ2n) is 4.95. The molecule has 0 saturated carbocycles. The third-order valence-electron chi connectivity index (χ3n) is 3.46. The molecular formula is C13H21N3O2S. The van der Waals surface area contributed by atoms with E-state index in [0.717, 1.165) is 43.0 Å². The maximum atomic E-state index is 12.4. The van der Waals surface area contributed by atoms with Gasteiger partial charge in [-0.05, 0) is 38.2 Å². The highest BCUT2D eigenvalue weighted by Crippen LogP contribution is 2.32. The first-order valence-electron chi connectivity index (χ1n) is 6.61. The summed E-state index contributed by atoms with van der Waals surface area (Å²) in [5.41, 5.74) is 6.83. The minimum absolute atomic E-state index is 0.00836. The number of rotatable bonds is 5. The summed E-state index contributed by atoms with van der Waals surface area (Å²) in [6, 6.07) is 1.51. The molecule has 1 fully saturated rings. The van der Waals surface area contributed by atoms with E-state index in [4.69, 9.17) is 10.3 Å². The van der Waals surface area contributed by atoms with Crippen LogP contribution in [0.3, 0.4) is 0 Å².